The van der Waals surface area contributed by atoms with E-state index in [1.54, 1.807) is 18.2 Å². The fourth-order valence-electron chi connectivity index (χ4n) is 4.24. The first-order chi connectivity index (χ1) is 16.7. The first kappa shape index (κ1) is 24.8. The van der Waals surface area contributed by atoms with E-state index >= 15 is 0 Å². The molecule has 1 saturated heterocycles. The number of carbonyl (C=O) groups excluding carboxylic acids is 1. The van der Waals surface area contributed by atoms with Gasteiger partial charge in [-0.1, -0.05) is 29.8 Å². The van der Waals surface area contributed by atoms with Gasteiger partial charge in [0.05, 0.1) is 17.7 Å². The summed E-state index contributed by atoms with van der Waals surface area (Å²) in [5, 5.41) is 2.80. The summed E-state index contributed by atoms with van der Waals surface area (Å²) in [4.78, 5) is 15.1. The summed E-state index contributed by atoms with van der Waals surface area (Å²) in [5.74, 6) is 0.0594. The number of piperazine rings is 1. The fraction of sp³-hybridized carbons (Fsp3) is 0.296. The molecule has 1 aliphatic rings. The Bertz CT molecular complexity index is 1330. The van der Waals surface area contributed by atoms with Gasteiger partial charge < -0.3 is 15.0 Å². The van der Waals surface area contributed by atoms with Gasteiger partial charge in [-0.3, -0.25) is 4.79 Å². The minimum Gasteiger partial charge on any atom is -0.495 e. The van der Waals surface area contributed by atoms with E-state index < -0.39 is 10.0 Å². The number of sulfonamides is 1. The van der Waals surface area contributed by atoms with E-state index in [2.05, 4.69) is 36.2 Å². The lowest BCUT2D eigenvalue weighted by Crippen LogP contribution is -2.48. The molecule has 4 rings (SSSR count). The molecule has 3 aromatic rings. The van der Waals surface area contributed by atoms with Crippen molar-refractivity contribution in [1.82, 2.24) is 4.31 Å². The highest BCUT2D eigenvalue weighted by molar-refractivity contribution is 7.89. The summed E-state index contributed by atoms with van der Waals surface area (Å²) in [7, 11) is -2.26. The number of benzene rings is 3. The van der Waals surface area contributed by atoms with Gasteiger partial charge in [0.2, 0.25) is 10.0 Å². The third-order valence-corrected chi connectivity index (χ3v) is 8.42. The molecule has 1 amide bonds. The molecule has 0 spiro atoms. The van der Waals surface area contributed by atoms with Gasteiger partial charge in [-0.25, -0.2) is 8.42 Å². The molecule has 0 aliphatic carbocycles. The van der Waals surface area contributed by atoms with Crippen molar-refractivity contribution < 1.29 is 17.9 Å². The van der Waals surface area contributed by atoms with Gasteiger partial charge >= 0.3 is 0 Å². The number of nitrogens with zero attached hydrogens (tertiary/aromatic N) is 2. The maximum Gasteiger partial charge on any atom is 0.255 e. The molecule has 1 N–H and O–H groups in total. The van der Waals surface area contributed by atoms with Crippen molar-refractivity contribution in [2.75, 3.05) is 43.5 Å². The minimum atomic E-state index is -3.74. The number of carbonyl (C=O) groups is 1. The number of anilines is 2. The predicted octanol–water partition coefficient (Wildman–Crippen LogP) is 4.38. The van der Waals surface area contributed by atoms with Crippen LogP contribution in [0.4, 0.5) is 11.4 Å². The first-order valence-electron chi connectivity index (χ1n) is 11.6. The number of nitrogens with one attached hydrogen (secondary N) is 1. The molecule has 7 nitrogen and oxygen atoms in total. The highest BCUT2D eigenvalue weighted by Crippen LogP contribution is 2.31. The highest BCUT2D eigenvalue weighted by atomic mass is 32.2. The van der Waals surface area contributed by atoms with Crippen molar-refractivity contribution in [3.8, 4) is 5.75 Å². The number of rotatable bonds is 6. The molecule has 1 fully saturated rings. The third-order valence-electron chi connectivity index (χ3n) is 6.53. The Hall–Kier alpha value is -3.36. The Morgan fingerprint density at radius 2 is 1.60 bits per heavy atom. The lowest BCUT2D eigenvalue weighted by molar-refractivity contribution is 0.102. The number of aryl methyl sites for hydroxylation is 2. The van der Waals surface area contributed by atoms with Gasteiger partial charge in [-0.05, 0) is 68.3 Å². The lowest BCUT2D eigenvalue weighted by Gasteiger charge is -2.36. The van der Waals surface area contributed by atoms with Crippen LogP contribution in [0.3, 0.4) is 0 Å². The number of hydrogen-bond acceptors (Lipinski definition) is 5. The summed E-state index contributed by atoms with van der Waals surface area (Å²) in [6, 6.07) is 17.9. The predicted molar refractivity (Wildman–Crippen MR) is 139 cm³/mol. The van der Waals surface area contributed by atoms with Crippen molar-refractivity contribution in [2.45, 2.75) is 25.7 Å². The number of amides is 1. The monoisotopic (exact) mass is 493 g/mol. The molecule has 35 heavy (non-hydrogen) atoms. The molecular formula is C27H31N3O4S. The lowest BCUT2D eigenvalue weighted by atomic mass is 10.1. The van der Waals surface area contributed by atoms with Gasteiger partial charge in [0, 0.05) is 37.4 Å². The SMILES string of the molecule is COc1ccc(S(=O)(=O)N2CCN(c3cccc(C)c3C)CC2)cc1NC(=O)c1ccc(C)cc1. The van der Waals surface area contributed by atoms with Crippen molar-refractivity contribution >= 4 is 27.3 Å². The van der Waals surface area contributed by atoms with E-state index in [4.69, 9.17) is 4.74 Å². The summed E-state index contributed by atoms with van der Waals surface area (Å²) in [5.41, 5.74) is 5.42. The summed E-state index contributed by atoms with van der Waals surface area (Å²) in [6.07, 6.45) is 0. The smallest absolute Gasteiger partial charge is 0.255 e. The average Bonchev–Trinajstić information content (AvgIpc) is 2.86. The molecule has 184 valence electrons. The molecule has 0 bridgehead atoms. The molecule has 0 unspecified atom stereocenters. The zero-order valence-corrected chi connectivity index (χ0v) is 21.4. The van der Waals surface area contributed by atoms with E-state index in [-0.39, 0.29) is 10.8 Å². The number of hydrogen-bond donors (Lipinski definition) is 1. The van der Waals surface area contributed by atoms with Crippen molar-refractivity contribution in [2.24, 2.45) is 0 Å². The van der Waals surface area contributed by atoms with Crippen LogP contribution in [-0.4, -0.2) is 51.9 Å². The van der Waals surface area contributed by atoms with E-state index in [9.17, 15) is 13.2 Å². The average molecular weight is 494 g/mol. The summed E-state index contributed by atoms with van der Waals surface area (Å²) >= 11 is 0. The van der Waals surface area contributed by atoms with Gasteiger partial charge in [0.25, 0.3) is 5.91 Å². The zero-order chi connectivity index (χ0) is 25.2. The van der Waals surface area contributed by atoms with Crippen LogP contribution in [0.1, 0.15) is 27.0 Å². The molecular weight excluding hydrogens is 462 g/mol. The first-order valence-corrected chi connectivity index (χ1v) is 13.0. The van der Waals surface area contributed by atoms with E-state index in [0.29, 0.717) is 43.2 Å². The molecule has 8 heteroatoms. The van der Waals surface area contributed by atoms with Gasteiger partial charge in [-0.15, -0.1) is 0 Å². The Morgan fingerprint density at radius 3 is 2.26 bits per heavy atom. The normalized spacial score (nSPS) is 14.6. The maximum atomic E-state index is 13.5. The standard InChI is InChI=1S/C27H31N3O4S/c1-19-8-10-22(11-9-19)27(31)28-24-18-23(12-13-26(24)34-4)35(32,33)30-16-14-29(15-17-30)25-7-5-6-20(2)21(25)3/h5-13,18H,14-17H2,1-4H3,(H,28,31). The molecule has 3 aromatic carbocycles. The minimum absolute atomic E-state index is 0.123. The van der Waals surface area contributed by atoms with E-state index in [1.807, 2.05) is 25.1 Å². The van der Waals surface area contributed by atoms with E-state index in [1.165, 1.54) is 34.7 Å². The van der Waals surface area contributed by atoms with Crippen LogP contribution in [-0.2, 0) is 10.0 Å². The second kappa shape index (κ2) is 10.1. The quantitative estimate of drug-likeness (QED) is 0.551. The van der Waals surface area contributed by atoms with Crippen molar-refractivity contribution in [3.05, 3.63) is 82.9 Å². The molecule has 0 saturated carbocycles. The zero-order valence-electron chi connectivity index (χ0n) is 20.5. The van der Waals surface area contributed by atoms with Crippen LogP contribution < -0.4 is 15.0 Å². The summed E-state index contributed by atoms with van der Waals surface area (Å²) in [6.45, 7) is 8.10. The molecule has 1 aliphatic heterocycles. The van der Waals surface area contributed by atoms with Crippen LogP contribution in [0.2, 0.25) is 0 Å². The largest absolute Gasteiger partial charge is 0.495 e. The Balaban J connectivity index is 1.52. The summed E-state index contributed by atoms with van der Waals surface area (Å²) < 4.78 is 33.8. The van der Waals surface area contributed by atoms with Gasteiger partial charge in [-0.2, -0.15) is 4.31 Å². The van der Waals surface area contributed by atoms with Crippen LogP contribution in [0.5, 0.6) is 5.75 Å². The van der Waals surface area contributed by atoms with Gasteiger partial charge in [0.1, 0.15) is 5.75 Å². The number of methoxy groups -OCH3 is 1. The van der Waals surface area contributed by atoms with Crippen LogP contribution >= 0.6 is 0 Å². The van der Waals surface area contributed by atoms with Gasteiger partial charge in [0.15, 0.2) is 0 Å². The fourth-order valence-corrected chi connectivity index (χ4v) is 5.69. The second-order valence-electron chi connectivity index (χ2n) is 8.79. The molecule has 0 radical (unpaired) electrons. The van der Waals surface area contributed by atoms with Crippen molar-refractivity contribution in [1.29, 1.82) is 0 Å². The molecule has 0 aromatic heterocycles. The van der Waals surface area contributed by atoms with Crippen LogP contribution in [0, 0.1) is 20.8 Å². The molecule has 1 heterocycles. The van der Waals surface area contributed by atoms with Crippen LogP contribution in [0.15, 0.2) is 65.6 Å². The Labute approximate surface area is 207 Å². The number of ether oxygens (including phenoxy) is 1. The van der Waals surface area contributed by atoms with Crippen LogP contribution in [0.25, 0.3) is 0 Å². The van der Waals surface area contributed by atoms with E-state index in [0.717, 1.165) is 11.3 Å². The third kappa shape index (κ3) is 5.18. The Morgan fingerprint density at radius 1 is 0.914 bits per heavy atom. The topological polar surface area (TPSA) is 79.0 Å². The molecule has 0 atom stereocenters. The second-order valence-corrected chi connectivity index (χ2v) is 10.7. The Kier molecular flexibility index (Phi) is 7.14. The highest BCUT2D eigenvalue weighted by Gasteiger charge is 2.30. The van der Waals surface area contributed by atoms with Crippen molar-refractivity contribution in [3.63, 3.8) is 0 Å². The maximum absolute atomic E-state index is 13.5.